The molecule has 3 rings (SSSR count). The lowest BCUT2D eigenvalue weighted by molar-refractivity contribution is 0.304. The highest BCUT2D eigenvalue weighted by Crippen LogP contribution is 2.28. The predicted molar refractivity (Wildman–Crippen MR) is 93.4 cm³/mol. The van der Waals surface area contributed by atoms with Gasteiger partial charge in [0.15, 0.2) is 0 Å². The van der Waals surface area contributed by atoms with E-state index in [0.717, 1.165) is 28.1 Å². The lowest BCUT2D eigenvalue weighted by Crippen LogP contribution is -2.26. The molecule has 2 heterocycles. The van der Waals surface area contributed by atoms with E-state index in [1.165, 1.54) is 11.3 Å². The third-order valence-corrected chi connectivity index (χ3v) is 4.30. The predicted octanol–water partition coefficient (Wildman–Crippen LogP) is 3.40. The zero-order valence-corrected chi connectivity index (χ0v) is 13.9. The van der Waals surface area contributed by atoms with Crippen molar-refractivity contribution in [3.05, 3.63) is 59.2 Å². The Hall–Kier alpha value is -2.44. The Kier molecular flexibility index (Phi) is 4.55. The number of thiazole rings is 1. The molecule has 3 aromatic rings. The average molecular weight is 326 g/mol. The number of aryl methyl sites for hydroxylation is 1. The molecule has 23 heavy (non-hydrogen) atoms. The number of aromatic nitrogens is 2. The van der Waals surface area contributed by atoms with E-state index < -0.39 is 0 Å². The molecule has 1 aromatic carbocycles. The van der Waals surface area contributed by atoms with Gasteiger partial charge in [-0.05, 0) is 30.7 Å². The van der Waals surface area contributed by atoms with Crippen LogP contribution in [-0.4, -0.2) is 17.0 Å². The van der Waals surface area contributed by atoms with Crippen molar-refractivity contribution in [2.45, 2.75) is 13.5 Å². The number of benzene rings is 1. The molecule has 2 N–H and O–H groups in total. The molecule has 0 aliphatic heterocycles. The standard InChI is InChI=1S/C17H18N4OS/c1-12-5-3-7-16(21(2)18)14(12)10-22-17-20-15(11-23-17)13-6-4-8-19-9-13/h3-9,11H,10,18H2,1-2H3. The SMILES string of the molecule is Cc1cccc(N(C)N)c1COc1nc(-c2cccnc2)cs1. The minimum Gasteiger partial charge on any atom is -0.465 e. The molecule has 118 valence electrons. The lowest BCUT2D eigenvalue weighted by atomic mass is 10.1. The third-order valence-electron chi connectivity index (χ3n) is 3.55. The van der Waals surface area contributed by atoms with Crippen molar-refractivity contribution in [1.82, 2.24) is 9.97 Å². The Morgan fingerprint density at radius 1 is 1.26 bits per heavy atom. The number of anilines is 1. The van der Waals surface area contributed by atoms with Crippen LogP contribution in [0.2, 0.25) is 0 Å². The fourth-order valence-electron chi connectivity index (χ4n) is 2.31. The first-order valence-corrected chi connectivity index (χ1v) is 8.09. The van der Waals surface area contributed by atoms with Crippen molar-refractivity contribution < 1.29 is 4.74 Å². The number of ether oxygens (including phenoxy) is 1. The van der Waals surface area contributed by atoms with Gasteiger partial charge in [0.25, 0.3) is 5.19 Å². The molecule has 0 saturated heterocycles. The number of hydrogen-bond donors (Lipinski definition) is 1. The van der Waals surface area contributed by atoms with E-state index in [9.17, 15) is 0 Å². The molecule has 0 spiro atoms. The lowest BCUT2D eigenvalue weighted by Gasteiger charge is -2.18. The Morgan fingerprint density at radius 3 is 2.87 bits per heavy atom. The van der Waals surface area contributed by atoms with Crippen LogP contribution in [-0.2, 0) is 6.61 Å². The van der Waals surface area contributed by atoms with Crippen LogP contribution in [0.3, 0.4) is 0 Å². The molecule has 0 amide bonds. The molecule has 0 bridgehead atoms. The Balaban J connectivity index is 1.76. The summed E-state index contributed by atoms with van der Waals surface area (Å²) in [5.74, 6) is 5.89. The van der Waals surface area contributed by atoms with Crippen molar-refractivity contribution in [2.24, 2.45) is 5.84 Å². The topological polar surface area (TPSA) is 64.3 Å². The summed E-state index contributed by atoms with van der Waals surface area (Å²) < 4.78 is 5.87. The average Bonchev–Trinajstić information content (AvgIpc) is 3.03. The van der Waals surface area contributed by atoms with Crippen LogP contribution in [0.5, 0.6) is 5.19 Å². The van der Waals surface area contributed by atoms with E-state index in [4.69, 9.17) is 10.6 Å². The highest BCUT2D eigenvalue weighted by Gasteiger charge is 2.11. The van der Waals surface area contributed by atoms with Gasteiger partial charge < -0.3 is 9.75 Å². The molecular weight excluding hydrogens is 308 g/mol. The van der Waals surface area contributed by atoms with Crippen LogP contribution in [0.25, 0.3) is 11.3 Å². The second-order valence-corrected chi connectivity index (χ2v) is 6.03. The molecule has 2 aromatic heterocycles. The highest BCUT2D eigenvalue weighted by molar-refractivity contribution is 7.11. The van der Waals surface area contributed by atoms with Crippen molar-refractivity contribution in [1.29, 1.82) is 0 Å². The number of hydrogen-bond acceptors (Lipinski definition) is 6. The van der Waals surface area contributed by atoms with Gasteiger partial charge in [-0.3, -0.25) is 4.98 Å². The van der Waals surface area contributed by atoms with Crippen LogP contribution in [0.1, 0.15) is 11.1 Å². The molecule has 6 heteroatoms. The smallest absolute Gasteiger partial charge is 0.274 e. The van der Waals surface area contributed by atoms with E-state index in [0.29, 0.717) is 11.8 Å². The van der Waals surface area contributed by atoms with Crippen molar-refractivity contribution >= 4 is 17.0 Å². The van der Waals surface area contributed by atoms with Crippen LogP contribution < -0.4 is 15.6 Å². The third kappa shape index (κ3) is 3.49. The van der Waals surface area contributed by atoms with Crippen LogP contribution in [0, 0.1) is 6.92 Å². The second kappa shape index (κ2) is 6.76. The van der Waals surface area contributed by atoms with E-state index in [2.05, 4.69) is 23.0 Å². The van der Waals surface area contributed by atoms with Gasteiger partial charge in [-0.25, -0.2) is 10.8 Å². The molecule has 0 fully saturated rings. The Morgan fingerprint density at radius 2 is 2.13 bits per heavy atom. The van der Waals surface area contributed by atoms with E-state index in [-0.39, 0.29) is 0 Å². The summed E-state index contributed by atoms with van der Waals surface area (Å²) in [7, 11) is 1.82. The number of rotatable bonds is 5. The fourth-order valence-corrected chi connectivity index (χ4v) is 2.99. The number of nitrogens with zero attached hydrogens (tertiary/aromatic N) is 3. The quantitative estimate of drug-likeness (QED) is 0.575. The van der Waals surface area contributed by atoms with Gasteiger partial charge in [0.05, 0.1) is 11.4 Å². The minimum atomic E-state index is 0.434. The molecular formula is C17H18N4OS. The summed E-state index contributed by atoms with van der Waals surface area (Å²) in [6.07, 6.45) is 3.54. The maximum atomic E-state index is 5.89. The molecule has 5 nitrogen and oxygen atoms in total. The zero-order chi connectivity index (χ0) is 16.2. The summed E-state index contributed by atoms with van der Waals surface area (Å²) in [5, 5.41) is 4.21. The minimum absolute atomic E-state index is 0.434. The number of nitrogens with two attached hydrogens (primary N) is 1. The van der Waals surface area contributed by atoms with Crippen molar-refractivity contribution in [2.75, 3.05) is 12.1 Å². The Labute approximate surface area is 139 Å². The van der Waals surface area contributed by atoms with Gasteiger partial charge in [0.2, 0.25) is 0 Å². The summed E-state index contributed by atoms with van der Waals surface area (Å²) in [4.78, 5) is 8.62. The van der Waals surface area contributed by atoms with Crippen LogP contribution in [0.4, 0.5) is 5.69 Å². The van der Waals surface area contributed by atoms with Crippen molar-refractivity contribution in [3.63, 3.8) is 0 Å². The van der Waals surface area contributed by atoms with E-state index in [1.807, 2.05) is 36.7 Å². The first kappa shape index (κ1) is 15.5. The van der Waals surface area contributed by atoms with Gasteiger partial charge in [-0.2, -0.15) is 0 Å². The van der Waals surface area contributed by atoms with Gasteiger partial charge in [0, 0.05) is 35.9 Å². The molecule has 0 atom stereocenters. The van der Waals surface area contributed by atoms with Gasteiger partial charge in [0.1, 0.15) is 6.61 Å². The summed E-state index contributed by atoms with van der Waals surface area (Å²) >= 11 is 1.48. The number of pyridine rings is 1. The summed E-state index contributed by atoms with van der Waals surface area (Å²) in [6, 6.07) is 9.89. The molecule has 0 aliphatic rings. The Bertz CT molecular complexity index is 786. The van der Waals surface area contributed by atoms with Gasteiger partial charge >= 0.3 is 0 Å². The number of hydrazine groups is 1. The zero-order valence-electron chi connectivity index (χ0n) is 13.1. The van der Waals surface area contributed by atoms with Crippen LogP contribution in [0.15, 0.2) is 48.1 Å². The van der Waals surface area contributed by atoms with Crippen molar-refractivity contribution in [3.8, 4) is 16.5 Å². The fraction of sp³-hybridized carbons (Fsp3) is 0.176. The van der Waals surface area contributed by atoms with E-state index >= 15 is 0 Å². The maximum Gasteiger partial charge on any atom is 0.274 e. The molecule has 0 saturated carbocycles. The van der Waals surface area contributed by atoms with Gasteiger partial charge in [-0.1, -0.05) is 23.5 Å². The largest absolute Gasteiger partial charge is 0.465 e. The summed E-state index contributed by atoms with van der Waals surface area (Å²) in [6.45, 7) is 2.48. The second-order valence-electron chi connectivity index (χ2n) is 5.21. The van der Waals surface area contributed by atoms with Gasteiger partial charge in [-0.15, -0.1) is 0 Å². The normalized spacial score (nSPS) is 10.6. The summed E-state index contributed by atoms with van der Waals surface area (Å²) in [5.41, 5.74) is 5.02. The first-order valence-electron chi connectivity index (χ1n) is 7.21. The highest BCUT2D eigenvalue weighted by atomic mass is 32.1. The molecule has 0 aliphatic carbocycles. The monoisotopic (exact) mass is 326 g/mol. The molecule has 0 unspecified atom stereocenters. The van der Waals surface area contributed by atoms with E-state index in [1.54, 1.807) is 17.4 Å². The molecule has 0 radical (unpaired) electrons. The first-order chi connectivity index (χ1) is 11.1. The van der Waals surface area contributed by atoms with Crippen LogP contribution >= 0.6 is 11.3 Å². The maximum absolute atomic E-state index is 5.89.